The largest absolute Gasteiger partial charge is 0.497 e. The number of carbonyl (C=O) groups excluding carboxylic acids is 2. The Bertz CT molecular complexity index is 945. The van der Waals surface area contributed by atoms with E-state index in [-0.39, 0.29) is 24.8 Å². The van der Waals surface area contributed by atoms with E-state index in [2.05, 4.69) is 0 Å². The summed E-state index contributed by atoms with van der Waals surface area (Å²) in [4.78, 5) is 29.0. The number of ether oxygens (including phenoxy) is 4. The number of anilines is 2. The van der Waals surface area contributed by atoms with Crippen LogP contribution in [0.25, 0.3) is 0 Å². The lowest BCUT2D eigenvalue weighted by atomic mass is 10.1. The number of nitrogens with zero attached hydrogens (tertiary/aromatic N) is 2. The van der Waals surface area contributed by atoms with E-state index in [1.807, 2.05) is 0 Å². The SMILES string of the molecule is COc1ccc(OC)c(N2CC(C(=O)N(C)c3ccc(OC)c(OC)c3)CC2=O)c1. The van der Waals surface area contributed by atoms with Crippen molar-refractivity contribution in [3.63, 3.8) is 0 Å². The van der Waals surface area contributed by atoms with Crippen molar-refractivity contribution in [3.05, 3.63) is 36.4 Å². The zero-order valence-corrected chi connectivity index (χ0v) is 17.8. The summed E-state index contributed by atoms with van der Waals surface area (Å²) >= 11 is 0. The van der Waals surface area contributed by atoms with Crippen molar-refractivity contribution >= 4 is 23.2 Å². The lowest BCUT2D eigenvalue weighted by Gasteiger charge is -2.23. The highest BCUT2D eigenvalue weighted by Crippen LogP contribution is 2.37. The fourth-order valence-corrected chi connectivity index (χ4v) is 3.55. The summed E-state index contributed by atoms with van der Waals surface area (Å²) in [6, 6.07) is 10.5. The van der Waals surface area contributed by atoms with Crippen LogP contribution in [0.3, 0.4) is 0 Å². The molecule has 2 aromatic rings. The van der Waals surface area contributed by atoms with Gasteiger partial charge in [0.25, 0.3) is 0 Å². The number of benzene rings is 2. The first kappa shape index (κ1) is 21.3. The Hall–Kier alpha value is -3.42. The van der Waals surface area contributed by atoms with Crippen molar-refractivity contribution in [1.29, 1.82) is 0 Å². The normalized spacial score (nSPS) is 15.7. The van der Waals surface area contributed by atoms with Crippen LogP contribution in [-0.2, 0) is 9.59 Å². The molecule has 0 aromatic heterocycles. The van der Waals surface area contributed by atoms with Gasteiger partial charge < -0.3 is 28.7 Å². The average molecular weight is 414 g/mol. The van der Waals surface area contributed by atoms with E-state index in [9.17, 15) is 9.59 Å². The van der Waals surface area contributed by atoms with Gasteiger partial charge in [-0.15, -0.1) is 0 Å². The summed E-state index contributed by atoms with van der Waals surface area (Å²) in [6.07, 6.45) is 0.122. The molecule has 160 valence electrons. The van der Waals surface area contributed by atoms with E-state index < -0.39 is 5.92 Å². The fraction of sp³-hybridized carbons (Fsp3) is 0.364. The number of carbonyl (C=O) groups is 2. The predicted molar refractivity (Wildman–Crippen MR) is 113 cm³/mol. The molecule has 1 aliphatic heterocycles. The molecule has 1 aliphatic rings. The second-order valence-electron chi connectivity index (χ2n) is 6.88. The molecule has 0 aliphatic carbocycles. The minimum atomic E-state index is -0.480. The molecule has 8 heteroatoms. The molecule has 0 saturated carbocycles. The molecule has 0 radical (unpaired) electrons. The van der Waals surface area contributed by atoms with Crippen molar-refractivity contribution in [1.82, 2.24) is 0 Å². The fourth-order valence-electron chi connectivity index (χ4n) is 3.55. The van der Waals surface area contributed by atoms with Gasteiger partial charge in [-0.25, -0.2) is 0 Å². The van der Waals surface area contributed by atoms with E-state index in [4.69, 9.17) is 18.9 Å². The number of methoxy groups -OCH3 is 4. The van der Waals surface area contributed by atoms with E-state index >= 15 is 0 Å². The quantitative estimate of drug-likeness (QED) is 0.693. The lowest BCUT2D eigenvalue weighted by molar-refractivity contribution is -0.124. The summed E-state index contributed by atoms with van der Waals surface area (Å²) < 4.78 is 21.2. The summed E-state index contributed by atoms with van der Waals surface area (Å²) in [5.41, 5.74) is 1.24. The summed E-state index contributed by atoms with van der Waals surface area (Å²) in [6.45, 7) is 0.263. The molecule has 30 heavy (non-hydrogen) atoms. The molecule has 1 saturated heterocycles. The molecule has 1 unspecified atom stereocenters. The molecule has 2 aromatic carbocycles. The Morgan fingerprint density at radius 2 is 1.60 bits per heavy atom. The molecular formula is C22H26N2O6. The van der Waals surface area contributed by atoms with Gasteiger partial charge in [0, 0.05) is 37.8 Å². The minimum absolute atomic E-state index is 0.122. The van der Waals surface area contributed by atoms with Crippen LogP contribution < -0.4 is 28.7 Å². The maximum atomic E-state index is 13.1. The van der Waals surface area contributed by atoms with Crippen LogP contribution in [0.2, 0.25) is 0 Å². The van der Waals surface area contributed by atoms with Gasteiger partial charge in [-0.05, 0) is 24.3 Å². The Balaban J connectivity index is 1.82. The summed E-state index contributed by atoms with van der Waals surface area (Å²) in [7, 11) is 7.88. The van der Waals surface area contributed by atoms with Gasteiger partial charge in [-0.3, -0.25) is 9.59 Å². The van der Waals surface area contributed by atoms with Crippen LogP contribution in [-0.4, -0.2) is 53.8 Å². The highest BCUT2D eigenvalue weighted by Gasteiger charge is 2.38. The van der Waals surface area contributed by atoms with E-state index in [0.717, 1.165) is 0 Å². The van der Waals surface area contributed by atoms with Crippen molar-refractivity contribution < 1.29 is 28.5 Å². The highest BCUT2D eigenvalue weighted by atomic mass is 16.5. The van der Waals surface area contributed by atoms with Crippen LogP contribution in [0.4, 0.5) is 11.4 Å². The maximum absolute atomic E-state index is 13.1. The third-order valence-electron chi connectivity index (χ3n) is 5.24. The number of hydrogen-bond donors (Lipinski definition) is 0. The first-order chi connectivity index (χ1) is 14.4. The van der Waals surface area contributed by atoms with Crippen LogP contribution in [0, 0.1) is 5.92 Å². The second-order valence-corrected chi connectivity index (χ2v) is 6.88. The van der Waals surface area contributed by atoms with Gasteiger partial charge in [0.15, 0.2) is 11.5 Å². The molecular weight excluding hydrogens is 388 g/mol. The average Bonchev–Trinajstić information content (AvgIpc) is 3.18. The van der Waals surface area contributed by atoms with Crippen molar-refractivity contribution in [2.24, 2.45) is 5.92 Å². The van der Waals surface area contributed by atoms with Gasteiger partial charge in [-0.2, -0.15) is 0 Å². The molecule has 0 bridgehead atoms. The van der Waals surface area contributed by atoms with Crippen molar-refractivity contribution in [2.75, 3.05) is 51.8 Å². The Morgan fingerprint density at radius 3 is 2.23 bits per heavy atom. The molecule has 1 heterocycles. The standard InChI is InChI=1S/C22H26N2O6/c1-23(15-6-8-19(29-4)20(11-15)30-5)22(26)14-10-21(25)24(13-14)17-12-16(27-2)7-9-18(17)28-3/h6-9,11-12,14H,10,13H2,1-5H3. The Kier molecular flexibility index (Phi) is 6.34. The number of rotatable bonds is 7. The smallest absolute Gasteiger partial charge is 0.232 e. The first-order valence-electron chi connectivity index (χ1n) is 9.45. The second kappa shape index (κ2) is 8.94. The third kappa shape index (κ3) is 3.98. The van der Waals surface area contributed by atoms with Crippen LogP contribution in [0.5, 0.6) is 23.0 Å². The van der Waals surface area contributed by atoms with Gasteiger partial charge in [0.2, 0.25) is 11.8 Å². The molecule has 3 rings (SSSR count). The van der Waals surface area contributed by atoms with Crippen LogP contribution in [0.15, 0.2) is 36.4 Å². The highest BCUT2D eigenvalue weighted by molar-refractivity contribution is 6.05. The molecule has 0 N–H and O–H groups in total. The van der Waals surface area contributed by atoms with Gasteiger partial charge in [0.05, 0.1) is 40.0 Å². The monoisotopic (exact) mass is 414 g/mol. The van der Waals surface area contributed by atoms with E-state index in [1.54, 1.807) is 76.8 Å². The number of amides is 2. The molecule has 0 spiro atoms. The maximum Gasteiger partial charge on any atom is 0.232 e. The zero-order chi connectivity index (χ0) is 21.8. The first-order valence-corrected chi connectivity index (χ1v) is 9.45. The summed E-state index contributed by atoms with van der Waals surface area (Å²) in [5.74, 6) is 1.49. The lowest BCUT2D eigenvalue weighted by Crippen LogP contribution is -2.34. The number of hydrogen-bond acceptors (Lipinski definition) is 6. The topological polar surface area (TPSA) is 77.5 Å². The third-order valence-corrected chi connectivity index (χ3v) is 5.24. The Labute approximate surface area is 175 Å². The molecule has 2 amide bonds. The van der Waals surface area contributed by atoms with E-state index in [0.29, 0.717) is 34.4 Å². The van der Waals surface area contributed by atoms with Crippen LogP contribution in [0.1, 0.15) is 6.42 Å². The van der Waals surface area contributed by atoms with E-state index in [1.165, 1.54) is 4.90 Å². The predicted octanol–water partition coefficient (Wildman–Crippen LogP) is 2.74. The van der Waals surface area contributed by atoms with Gasteiger partial charge >= 0.3 is 0 Å². The van der Waals surface area contributed by atoms with Gasteiger partial charge in [-0.1, -0.05) is 0 Å². The molecule has 1 atom stereocenters. The zero-order valence-electron chi connectivity index (χ0n) is 17.8. The van der Waals surface area contributed by atoms with Crippen molar-refractivity contribution in [3.8, 4) is 23.0 Å². The Morgan fingerprint density at radius 1 is 0.933 bits per heavy atom. The molecule has 8 nitrogen and oxygen atoms in total. The van der Waals surface area contributed by atoms with Crippen LogP contribution >= 0.6 is 0 Å². The minimum Gasteiger partial charge on any atom is -0.497 e. The molecule has 1 fully saturated rings. The van der Waals surface area contributed by atoms with Gasteiger partial charge in [0.1, 0.15) is 11.5 Å². The summed E-state index contributed by atoms with van der Waals surface area (Å²) in [5, 5.41) is 0. The van der Waals surface area contributed by atoms with Crippen molar-refractivity contribution in [2.45, 2.75) is 6.42 Å².